The first-order valence-corrected chi connectivity index (χ1v) is 8.10. The number of carbonyl (C=O) groups is 4. The molecule has 8 heteroatoms. The van der Waals surface area contributed by atoms with Crippen LogP contribution in [0.3, 0.4) is 0 Å². The van der Waals surface area contributed by atoms with Crippen LogP contribution in [0.25, 0.3) is 0 Å². The number of nitrogens with one attached hydrogen (secondary N) is 2. The molecule has 0 saturated carbocycles. The summed E-state index contributed by atoms with van der Waals surface area (Å²) in [7, 11) is 1.46. The molecule has 132 valence electrons. The molecule has 2 fully saturated rings. The van der Waals surface area contributed by atoms with E-state index in [0.717, 1.165) is 4.90 Å². The number of rotatable bonds is 2. The van der Waals surface area contributed by atoms with Gasteiger partial charge in [0.25, 0.3) is 11.8 Å². The number of piperidine rings is 1. The highest BCUT2D eigenvalue weighted by Gasteiger charge is 2.51. The number of likely N-dealkylation sites (N-methyl/N-ethyl adjacent to an activating group) is 1. The fourth-order valence-electron chi connectivity index (χ4n) is 3.27. The van der Waals surface area contributed by atoms with Crippen molar-refractivity contribution >= 4 is 29.4 Å². The largest absolute Gasteiger partial charge is 0.338 e. The first-order chi connectivity index (χ1) is 11.8. The number of anilines is 1. The van der Waals surface area contributed by atoms with Gasteiger partial charge in [-0.3, -0.25) is 19.3 Å². The fraction of sp³-hybridized carbons (Fsp3) is 0.412. The molecule has 2 aliphatic heterocycles. The van der Waals surface area contributed by atoms with Crippen molar-refractivity contribution in [2.45, 2.75) is 25.3 Å². The Morgan fingerprint density at radius 1 is 1.12 bits per heavy atom. The molecule has 0 atom stereocenters. The third-order valence-corrected chi connectivity index (χ3v) is 4.72. The molecule has 0 aliphatic carbocycles. The van der Waals surface area contributed by atoms with Crippen LogP contribution in [0.2, 0.25) is 0 Å². The van der Waals surface area contributed by atoms with Crippen LogP contribution in [0.4, 0.5) is 10.5 Å². The van der Waals surface area contributed by atoms with Gasteiger partial charge >= 0.3 is 6.03 Å². The van der Waals surface area contributed by atoms with Gasteiger partial charge in [0.1, 0.15) is 5.54 Å². The van der Waals surface area contributed by atoms with Crippen LogP contribution in [0, 0.1) is 0 Å². The molecule has 0 aromatic heterocycles. The van der Waals surface area contributed by atoms with Gasteiger partial charge in [0.15, 0.2) is 0 Å². The number of hydrogen-bond acceptors (Lipinski definition) is 4. The number of amides is 5. The van der Waals surface area contributed by atoms with E-state index in [0.29, 0.717) is 37.2 Å². The Labute approximate surface area is 145 Å². The third-order valence-electron chi connectivity index (χ3n) is 4.72. The van der Waals surface area contributed by atoms with Gasteiger partial charge in [-0.1, -0.05) is 0 Å². The molecule has 0 bridgehead atoms. The summed E-state index contributed by atoms with van der Waals surface area (Å²) in [5, 5.41) is 5.40. The molecule has 0 radical (unpaired) electrons. The van der Waals surface area contributed by atoms with E-state index in [9.17, 15) is 19.2 Å². The number of urea groups is 1. The minimum atomic E-state index is -0.877. The summed E-state index contributed by atoms with van der Waals surface area (Å²) in [6.45, 7) is 2.21. The molecule has 1 spiro atoms. The number of hydrogen-bond donors (Lipinski definition) is 2. The summed E-state index contributed by atoms with van der Waals surface area (Å²) >= 11 is 0. The van der Waals surface area contributed by atoms with Gasteiger partial charge in [-0.05, 0) is 37.1 Å². The Morgan fingerprint density at radius 3 is 2.20 bits per heavy atom. The highest BCUT2D eigenvalue weighted by molar-refractivity contribution is 6.07. The van der Waals surface area contributed by atoms with E-state index in [2.05, 4.69) is 10.6 Å². The molecule has 25 heavy (non-hydrogen) atoms. The van der Waals surface area contributed by atoms with Crippen molar-refractivity contribution in [3.63, 3.8) is 0 Å². The standard InChI is InChI=1S/C17H20N4O4/c1-11(22)18-13-5-3-12(4-6-13)14(23)21-9-7-17(8-10-21)15(24)20(2)16(25)19-17/h3-6H,7-10H2,1-2H3,(H,18,22)(H,19,25). The number of carbonyl (C=O) groups excluding carboxylic acids is 4. The van der Waals surface area contributed by atoms with Crippen LogP contribution in [0.15, 0.2) is 24.3 Å². The van der Waals surface area contributed by atoms with Crippen molar-refractivity contribution in [1.82, 2.24) is 15.1 Å². The summed E-state index contributed by atoms with van der Waals surface area (Å²) in [6.07, 6.45) is 0.801. The lowest BCUT2D eigenvalue weighted by Gasteiger charge is -2.37. The summed E-state index contributed by atoms with van der Waals surface area (Å²) < 4.78 is 0. The molecule has 2 heterocycles. The third kappa shape index (κ3) is 3.07. The zero-order valence-corrected chi connectivity index (χ0v) is 14.2. The minimum absolute atomic E-state index is 0.130. The monoisotopic (exact) mass is 344 g/mol. The molecule has 5 amide bonds. The molecule has 1 aromatic carbocycles. The molecule has 3 rings (SSSR count). The second-order valence-electron chi connectivity index (χ2n) is 6.43. The van der Waals surface area contributed by atoms with E-state index in [4.69, 9.17) is 0 Å². The molecule has 8 nitrogen and oxygen atoms in total. The zero-order chi connectivity index (χ0) is 18.2. The van der Waals surface area contributed by atoms with E-state index < -0.39 is 11.6 Å². The fourth-order valence-corrected chi connectivity index (χ4v) is 3.27. The van der Waals surface area contributed by atoms with Crippen molar-refractivity contribution in [1.29, 1.82) is 0 Å². The van der Waals surface area contributed by atoms with Crippen LogP contribution in [-0.2, 0) is 9.59 Å². The van der Waals surface area contributed by atoms with Gasteiger partial charge in [0.05, 0.1) is 0 Å². The van der Waals surface area contributed by atoms with Crippen LogP contribution in [0.5, 0.6) is 0 Å². The second-order valence-corrected chi connectivity index (χ2v) is 6.43. The predicted molar refractivity (Wildman–Crippen MR) is 89.9 cm³/mol. The van der Waals surface area contributed by atoms with E-state index in [1.54, 1.807) is 29.2 Å². The van der Waals surface area contributed by atoms with E-state index in [1.807, 2.05) is 0 Å². The zero-order valence-electron chi connectivity index (χ0n) is 14.2. The average Bonchev–Trinajstić information content (AvgIpc) is 2.79. The molecule has 0 unspecified atom stereocenters. The van der Waals surface area contributed by atoms with Gasteiger partial charge in [0, 0.05) is 38.3 Å². The number of imide groups is 1. The van der Waals surface area contributed by atoms with Gasteiger partial charge in [-0.25, -0.2) is 4.79 Å². The van der Waals surface area contributed by atoms with Gasteiger partial charge in [-0.2, -0.15) is 0 Å². The van der Waals surface area contributed by atoms with Gasteiger partial charge in [-0.15, -0.1) is 0 Å². The Balaban J connectivity index is 1.65. The van der Waals surface area contributed by atoms with Crippen molar-refractivity contribution in [3.05, 3.63) is 29.8 Å². The quantitative estimate of drug-likeness (QED) is 0.775. The van der Waals surface area contributed by atoms with Gasteiger partial charge < -0.3 is 15.5 Å². The predicted octanol–water partition coefficient (Wildman–Crippen LogP) is 0.801. The molecule has 2 saturated heterocycles. The SMILES string of the molecule is CC(=O)Nc1ccc(C(=O)N2CCC3(CC2)NC(=O)N(C)C3=O)cc1. The van der Waals surface area contributed by atoms with Gasteiger partial charge in [0.2, 0.25) is 5.91 Å². The Bertz CT molecular complexity index is 736. The lowest BCUT2D eigenvalue weighted by atomic mass is 9.87. The smallest absolute Gasteiger partial charge is 0.324 e. The maximum Gasteiger partial charge on any atom is 0.324 e. The number of benzene rings is 1. The lowest BCUT2D eigenvalue weighted by molar-refractivity contribution is -0.131. The van der Waals surface area contributed by atoms with E-state index in [-0.39, 0.29) is 17.7 Å². The van der Waals surface area contributed by atoms with Crippen molar-refractivity contribution in [2.24, 2.45) is 0 Å². The summed E-state index contributed by atoms with van der Waals surface area (Å²) in [5.41, 5.74) is 0.269. The van der Waals surface area contributed by atoms with E-state index in [1.165, 1.54) is 14.0 Å². The highest BCUT2D eigenvalue weighted by Crippen LogP contribution is 2.29. The molecule has 2 aliphatic rings. The Kier molecular flexibility index (Phi) is 4.20. The summed E-state index contributed by atoms with van der Waals surface area (Å²) in [4.78, 5) is 50.4. The van der Waals surface area contributed by atoms with Crippen LogP contribution in [-0.4, -0.2) is 59.2 Å². The first-order valence-electron chi connectivity index (χ1n) is 8.10. The molecular formula is C17H20N4O4. The first kappa shape index (κ1) is 16.9. The molecular weight excluding hydrogens is 324 g/mol. The molecule has 1 aromatic rings. The van der Waals surface area contributed by atoms with E-state index >= 15 is 0 Å². The Hall–Kier alpha value is -2.90. The normalized spacial score (nSPS) is 19.1. The van der Waals surface area contributed by atoms with Crippen molar-refractivity contribution < 1.29 is 19.2 Å². The van der Waals surface area contributed by atoms with Crippen LogP contribution in [0.1, 0.15) is 30.1 Å². The minimum Gasteiger partial charge on any atom is -0.338 e. The highest BCUT2D eigenvalue weighted by atomic mass is 16.2. The second kappa shape index (κ2) is 6.19. The van der Waals surface area contributed by atoms with Crippen molar-refractivity contribution in [2.75, 3.05) is 25.5 Å². The number of likely N-dealkylation sites (tertiary alicyclic amines) is 1. The van der Waals surface area contributed by atoms with Crippen molar-refractivity contribution in [3.8, 4) is 0 Å². The molecule has 2 N–H and O–H groups in total. The summed E-state index contributed by atoms with van der Waals surface area (Å²) in [6, 6.07) is 6.28. The topological polar surface area (TPSA) is 98.8 Å². The maximum atomic E-state index is 12.6. The van der Waals surface area contributed by atoms with Crippen LogP contribution >= 0.6 is 0 Å². The lowest BCUT2D eigenvalue weighted by Crippen LogP contribution is -2.55. The Morgan fingerprint density at radius 2 is 1.72 bits per heavy atom. The average molecular weight is 344 g/mol. The maximum absolute atomic E-state index is 12.6. The number of nitrogens with zero attached hydrogens (tertiary/aromatic N) is 2. The van der Waals surface area contributed by atoms with Crippen LogP contribution < -0.4 is 10.6 Å². The summed E-state index contributed by atoms with van der Waals surface area (Å²) in [5.74, 6) is -0.535.